The summed E-state index contributed by atoms with van der Waals surface area (Å²) in [6.07, 6.45) is 1.71. The molecule has 3 nitrogen and oxygen atoms in total. The average molecular weight is 313 g/mol. The van der Waals surface area contributed by atoms with Crippen molar-refractivity contribution >= 4 is 45.9 Å². The van der Waals surface area contributed by atoms with Gasteiger partial charge >= 0.3 is 0 Å². The van der Waals surface area contributed by atoms with Crippen LogP contribution in [-0.2, 0) is 6.54 Å². The van der Waals surface area contributed by atoms with Gasteiger partial charge in [-0.1, -0.05) is 17.7 Å². The number of rotatable bonds is 5. The Morgan fingerprint density at radius 3 is 2.79 bits per heavy atom. The fourth-order valence-corrected chi connectivity index (χ4v) is 3.52. The van der Waals surface area contributed by atoms with Gasteiger partial charge in [0.15, 0.2) is 0 Å². The zero-order valence-electron chi connectivity index (χ0n) is 10.1. The molecule has 0 spiro atoms. The highest BCUT2D eigenvalue weighted by Crippen LogP contribution is 2.25. The number of nitrogen functional groups attached to an aromatic ring is 1. The molecule has 19 heavy (non-hydrogen) atoms. The second-order valence-corrected chi connectivity index (χ2v) is 6.60. The van der Waals surface area contributed by atoms with E-state index in [-0.39, 0.29) is 5.91 Å². The second kappa shape index (κ2) is 6.23. The molecule has 0 aliphatic carbocycles. The smallest absolute Gasteiger partial charge is 0.266 e. The van der Waals surface area contributed by atoms with Crippen LogP contribution in [0.3, 0.4) is 0 Å². The molecular formula is C13H13ClN2OS2. The van der Waals surface area contributed by atoms with Crippen molar-refractivity contribution in [2.45, 2.75) is 6.54 Å². The van der Waals surface area contributed by atoms with Crippen molar-refractivity contribution in [1.29, 1.82) is 0 Å². The first-order valence-corrected chi connectivity index (χ1v) is 7.66. The minimum absolute atomic E-state index is 0.0723. The molecule has 2 rings (SSSR count). The summed E-state index contributed by atoms with van der Waals surface area (Å²) in [5.41, 5.74) is 6.31. The number of hydrogen-bond donors (Lipinski definition) is 1. The first-order valence-electron chi connectivity index (χ1n) is 5.59. The zero-order chi connectivity index (χ0) is 13.8. The number of halogens is 1. The van der Waals surface area contributed by atoms with Crippen LogP contribution in [0.1, 0.15) is 14.5 Å². The largest absolute Gasteiger partial charge is 0.397 e. The van der Waals surface area contributed by atoms with Gasteiger partial charge in [0.1, 0.15) is 4.88 Å². The molecule has 0 radical (unpaired) electrons. The van der Waals surface area contributed by atoms with Gasteiger partial charge in [0.25, 0.3) is 5.91 Å². The molecule has 0 aliphatic rings. The van der Waals surface area contributed by atoms with E-state index in [0.29, 0.717) is 23.7 Å². The molecule has 0 fully saturated rings. The van der Waals surface area contributed by atoms with Crippen molar-refractivity contribution in [3.05, 3.63) is 50.3 Å². The standard InChI is InChI=1S/C13H13ClN2OS2/c1-2-6-16(8-9-3-4-11(14)19-9)13(17)12-10(15)5-7-18-12/h2-5,7H,1,6,8,15H2. The van der Waals surface area contributed by atoms with Crippen molar-refractivity contribution in [3.8, 4) is 0 Å². The zero-order valence-corrected chi connectivity index (χ0v) is 12.5. The number of carbonyl (C=O) groups is 1. The predicted octanol–water partition coefficient (Wildman–Crippen LogP) is 3.87. The van der Waals surface area contributed by atoms with Crippen LogP contribution in [0.5, 0.6) is 0 Å². The molecule has 0 unspecified atom stereocenters. The molecule has 2 aromatic heterocycles. The Morgan fingerprint density at radius 1 is 1.47 bits per heavy atom. The second-order valence-electron chi connectivity index (χ2n) is 3.89. The summed E-state index contributed by atoms with van der Waals surface area (Å²) in [6.45, 7) is 4.68. The van der Waals surface area contributed by atoms with Crippen LogP contribution in [0, 0.1) is 0 Å². The first-order chi connectivity index (χ1) is 9.11. The van der Waals surface area contributed by atoms with Gasteiger partial charge in [0.2, 0.25) is 0 Å². The van der Waals surface area contributed by atoms with E-state index in [2.05, 4.69) is 6.58 Å². The third kappa shape index (κ3) is 3.37. The van der Waals surface area contributed by atoms with Crippen LogP contribution in [0.15, 0.2) is 36.2 Å². The maximum Gasteiger partial charge on any atom is 0.266 e. The first kappa shape index (κ1) is 14.1. The maximum absolute atomic E-state index is 12.4. The van der Waals surface area contributed by atoms with E-state index >= 15 is 0 Å². The van der Waals surface area contributed by atoms with E-state index in [1.807, 2.05) is 17.5 Å². The molecule has 0 aromatic carbocycles. The van der Waals surface area contributed by atoms with Crippen LogP contribution >= 0.6 is 34.3 Å². The quantitative estimate of drug-likeness (QED) is 0.852. The van der Waals surface area contributed by atoms with Crippen molar-refractivity contribution in [3.63, 3.8) is 0 Å². The number of amides is 1. The monoisotopic (exact) mass is 312 g/mol. The van der Waals surface area contributed by atoms with Gasteiger partial charge in [-0.3, -0.25) is 4.79 Å². The molecule has 0 atom stereocenters. The van der Waals surface area contributed by atoms with Gasteiger partial charge in [-0.05, 0) is 23.6 Å². The fraction of sp³-hybridized carbons (Fsp3) is 0.154. The number of thiophene rings is 2. The van der Waals surface area contributed by atoms with Gasteiger partial charge in [-0.25, -0.2) is 0 Å². The van der Waals surface area contributed by atoms with E-state index in [1.165, 1.54) is 22.7 Å². The summed E-state index contributed by atoms with van der Waals surface area (Å²) >= 11 is 8.73. The summed E-state index contributed by atoms with van der Waals surface area (Å²) in [6, 6.07) is 5.50. The summed E-state index contributed by atoms with van der Waals surface area (Å²) in [5, 5.41) is 1.82. The Labute approximate surface area is 124 Å². The van der Waals surface area contributed by atoms with E-state index < -0.39 is 0 Å². The molecule has 100 valence electrons. The van der Waals surface area contributed by atoms with Crippen LogP contribution in [-0.4, -0.2) is 17.4 Å². The van der Waals surface area contributed by atoms with Crippen LogP contribution in [0.4, 0.5) is 5.69 Å². The lowest BCUT2D eigenvalue weighted by molar-refractivity contribution is 0.0770. The molecule has 0 aliphatic heterocycles. The van der Waals surface area contributed by atoms with Gasteiger partial charge in [-0.2, -0.15) is 0 Å². The van der Waals surface area contributed by atoms with Gasteiger partial charge in [-0.15, -0.1) is 29.3 Å². The third-order valence-corrected chi connectivity index (χ3v) is 4.64. The fourth-order valence-electron chi connectivity index (χ4n) is 1.64. The summed E-state index contributed by atoms with van der Waals surface area (Å²) in [4.78, 5) is 15.7. The Morgan fingerprint density at radius 2 is 2.26 bits per heavy atom. The van der Waals surface area contributed by atoms with Crippen LogP contribution in [0.25, 0.3) is 0 Å². The summed E-state index contributed by atoms with van der Waals surface area (Å²) in [5.74, 6) is -0.0723. The molecule has 0 saturated heterocycles. The molecule has 1 amide bonds. The average Bonchev–Trinajstić information content (AvgIpc) is 2.97. The summed E-state index contributed by atoms with van der Waals surface area (Å²) < 4.78 is 0.719. The number of nitrogens with two attached hydrogens (primary N) is 1. The lowest BCUT2D eigenvalue weighted by atomic mass is 10.3. The lowest BCUT2D eigenvalue weighted by Gasteiger charge is -2.20. The maximum atomic E-state index is 12.4. The highest BCUT2D eigenvalue weighted by Gasteiger charge is 2.19. The Hall–Kier alpha value is -1.30. The number of carbonyl (C=O) groups excluding carboxylic acids is 1. The Bertz CT molecular complexity index is 591. The molecular weight excluding hydrogens is 300 g/mol. The van der Waals surface area contributed by atoms with Crippen molar-refractivity contribution in [1.82, 2.24) is 4.90 Å². The van der Waals surface area contributed by atoms with E-state index in [4.69, 9.17) is 17.3 Å². The number of anilines is 1. The van der Waals surface area contributed by atoms with Gasteiger partial charge in [0.05, 0.1) is 16.6 Å². The molecule has 0 bridgehead atoms. The van der Waals surface area contributed by atoms with E-state index in [9.17, 15) is 4.79 Å². The van der Waals surface area contributed by atoms with Gasteiger partial charge < -0.3 is 10.6 Å². The van der Waals surface area contributed by atoms with Crippen molar-refractivity contribution in [2.75, 3.05) is 12.3 Å². The number of hydrogen-bond acceptors (Lipinski definition) is 4. The molecule has 0 saturated carbocycles. The van der Waals surface area contributed by atoms with E-state index in [0.717, 1.165) is 9.21 Å². The minimum atomic E-state index is -0.0723. The number of nitrogens with zero attached hydrogens (tertiary/aromatic N) is 1. The van der Waals surface area contributed by atoms with Crippen LogP contribution < -0.4 is 5.73 Å². The Kier molecular flexibility index (Phi) is 4.63. The normalized spacial score (nSPS) is 10.4. The van der Waals surface area contributed by atoms with Crippen LogP contribution in [0.2, 0.25) is 4.34 Å². The summed E-state index contributed by atoms with van der Waals surface area (Å²) in [7, 11) is 0. The molecule has 2 heterocycles. The van der Waals surface area contributed by atoms with E-state index in [1.54, 1.807) is 17.0 Å². The minimum Gasteiger partial charge on any atom is -0.397 e. The SMILES string of the molecule is C=CCN(Cc1ccc(Cl)s1)C(=O)c1sccc1N. The highest BCUT2D eigenvalue weighted by atomic mass is 35.5. The Balaban J connectivity index is 2.18. The van der Waals surface area contributed by atoms with Gasteiger partial charge in [0, 0.05) is 11.4 Å². The predicted molar refractivity (Wildman–Crippen MR) is 83.0 cm³/mol. The molecule has 2 aromatic rings. The molecule has 6 heteroatoms. The van der Waals surface area contributed by atoms with Crippen molar-refractivity contribution < 1.29 is 4.79 Å². The third-order valence-electron chi connectivity index (χ3n) is 2.50. The van der Waals surface area contributed by atoms with Crippen molar-refractivity contribution in [2.24, 2.45) is 0 Å². The lowest BCUT2D eigenvalue weighted by Crippen LogP contribution is -2.30. The topological polar surface area (TPSA) is 46.3 Å². The highest BCUT2D eigenvalue weighted by molar-refractivity contribution is 7.16. The molecule has 2 N–H and O–H groups in total.